The van der Waals surface area contributed by atoms with E-state index < -0.39 is 36.4 Å². The topological polar surface area (TPSA) is 18.5 Å². The van der Waals surface area contributed by atoms with Crippen molar-refractivity contribution >= 4 is 0 Å². The summed E-state index contributed by atoms with van der Waals surface area (Å²) in [6, 6.07) is -4.15. The Morgan fingerprint density at radius 2 is 1.05 bits per heavy atom. The lowest BCUT2D eigenvalue weighted by atomic mass is 9.94. The van der Waals surface area contributed by atoms with Crippen molar-refractivity contribution in [3.8, 4) is 0 Å². The second kappa shape index (κ2) is 7.61. The second-order valence-corrected chi connectivity index (χ2v) is 4.57. The monoisotopic (exact) mass is 318 g/mol. The Balaban J connectivity index is 0.00000106. The smallest absolute Gasteiger partial charge is 0.342 e. The first-order valence-electron chi connectivity index (χ1n) is 6.65. The largest absolute Gasteiger partial charge is 0.459 e. The lowest BCUT2D eigenvalue weighted by Crippen LogP contribution is -2.36. The van der Waals surface area contributed by atoms with Gasteiger partial charge in [0.1, 0.15) is 12.2 Å². The van der Waals surface area contributed by atoms with Crippen LogP contribution in [0.4, 0.5) is 26.3 Å². The fraction of sp³-hybridized carbons (Fsp3) is 0.692. The molecule has 0 N–H and O–H groups in total. The van der Waals surface area contributed by atoms with E-state index in [0.717, 1.165) is 0 Å². The van der Waals surface area contributed by atoms with Crippen molar-refractivity contribution < 1.29 is 35.8 Å². The number of hydrogen-bond donors (Lipinski definition) is 0. The molecule has 0 heterocycles. The molecule has 0 aromatic heterocycles. The summed E-state index contributed by atoms with van der Waals surface area (Å²) in [6.45, 7) is 4.00. The molecule has 0 amide bonds. The molecule has 2 bridgehead atoms. The quantitative estimate of drug-likeness (QED) is 0.518. The van der Waals surface area contributed by atoms with E-state index in [1.54, 1.807) is 0 Å². The fourth-order valence-corrected chi connectivity index (χ4v) is 2.84. The average Bonchev–Trinajstić information content (AvgIpc) is 3.03. The zero-order valence-corrected chi connectivity index (χ0v) is 11.5. The number of rotatable bonds is 4. The molecule has 2 saturated carbocycles. The maximum absolute atomic E-state index is 12.8. The van der Waals surface area contributed by atoms with Crippen LogP contribution in [-0.2, 0) is 9.47 Å². The van der Waals surface area contributed by atoms with Crippen molar-refractivity contribution in [2.45, 2.75) is 45.3 Å². The molecule has 2 fully saturated rings. The molecule has 0 aromatic carbocycles. The molecule has 0 spiro atoms. The van der Waals surface area contributed by atoms with Crippen LogP contribution in [0, 0.1) is 11.8 Å². The first-order valence-corrected chi connectivity index (χ1v) is 6.65. The summed E-state index contributed by atoms with van der Waals surface area (Å²) in [5, 5.41) is 0. The molecule has 0 saturated heterocycles. The SMILES string of the molecule is CC.FC(F)=C(F)OC1C2CCC(C2)C1OC(F)=C(F)F. The maximum Gasteiger partial charge on any atom is 0.342 e. The molecule has 8 heteroatoms. The maximum atomic E-state index is 12.8. The highest BCUT2D eigenvalue weighted by atomic mass is 19.3. The number of halogens is 6. The van der Waals surface area contributed by atoms with Crippen molar-refractivity contribution in [3.63, 3.8) is 0 Å². The van der Waals surface area contributed by atoms with E-state index in [0.29, 0.717) is 19.3 Å². The van der Waals surface area contributed by atoms with E-state index in [2.05, 4.69) is 9.47 Å². The third-order valence-electron chi connectivity index (χ3n) is 3.54. The van der Waals surface area contributed by atoms with Crippen LogP contribution in [0.5, 0.6) is 0 Å². The van der Waals surface area contributed by atoms with Crippen molar-refractivity contribution in [1.82, 2.24) is 0 Å². The Morgan fingerprint density at radius 1 is 0.714 bits per heavy atom. The molecule has 4 atom stereocenters. The predicted molar refractivity (Wildman–Crippen MR) is 62.6 cm³/mol. The molecule has 4 unspecified atom stereocenters. The highest BCUT2D eigenvalue weighted by Crippen LogP contribution is 2.49. The molecular weight excluding hydrogens is 302 g/mol. The van der Waals surface area contributed by atoms with Gasteiger partial charge >= 0.3 is 24.2 Å². The molecule has 0 aliphatic heterocycles. The van der Waals surface area contributed by atoms with Gasteiger partial charge in [0, 0.05) is 11.8 Å². The number of ether oxygens (including phenoxy) is 2. The van der Waals surface area contributed by atoms with Gasteiger partial charge in [-0.25, -0.2) is 0 Å². The lowest BCUT2D eigenvalue weighted by molar-refractivity contribution is -0.0874. The van der Waals surface area contributed by atoms with Gasteiger partial charge in [0.25, 0.3) is 0 Å². The second-order valence-electron chi connectivity index (χ2n) is 4.57. The van der Waals surface area contributed by atoms with Gasteiger partial charge in [0.15, 0.2) is 0 Å². The van der Waals surface area contributed by atoms with Crippen LogP contribution < -0.4 is 0 Å². The fourth-order valence-electron chi connectivity index (χ4n) is 2.84. The van der Waals surface area contributed by atoms with Gasteiger partial charge in [-0.15, -0.1) is 0 Å². The zero-order valence-electron chi connectivity index (χ0n) is 11.5. The van der Waals surface area contributed by atoms with Crippen LogP contribution in [0.1, 0.15) is 33.1 Å². The third-order valence-corrected chi connectivity index (χ3v) is 3.54. The number of fused-ring (bicyclic) bond motifs is 2. The van der Waals surface area contributed by atoms with Gasteiger partial charge in [-0.2, -0.15) is 26.3 Å². The van der Waals surface area contributed by atoms with Crippen LogP contribution >= 0.6 is 0 Å². The van der Waals surface area contributed by atoms with Gasteiger partial charge < -0.3 is 9.47 Å². The Kier molecular flexibility index (Phi) is 6.42. The van der Waals surface area contributed by atoms with E-state index in [1.807, 2.05) is 13.8 Å². The summed E-state index contributed by atoms with van der Waals surface area (Å²) in [5.41, 5.74) is 0. The molecule has 21 heavy (non-hydrogen) atoms. The molecular formula is C13H16F6O2. The van der Waals surface area contributed by atoms with Crippen LogP contribution in [0.3, 0.4) is 0 Å². The minimum atomic E-state index is -2.64. The average molecular weight is 318 g/mol. The summed E-state index contributed by atoms with van der Waals surface area (Å²) < 4.78 is 82.3. The van der Waals surface area contributed by atoms with Gasteiger partial charge in [-0.05, 0) is 19.3 Å². The summed E-state index contributed by atoms with van der Waals surface area (Å²) in [7, 11) is 0. The minimum absolute atomic E-state index is 0.296. The first kappa shape index (κ1) is 17.7. The van der Waals surface area contributed by atoms with Crippen LogP contribution in [0.15, 0.2) is 24.2 Å². The van der Waals surface area contributed by atoms with Gasteiger partial charge in [0.05, 0.1) is 0 Å². The van der Waals surface area contributed by atoms with E-state index in [9.17, 15) is 26.3 Å². The van der Waals surface area contributed by atoms with E-state index in [4.69, 9.17) is 0 Å². The summed E-state index contributed by atoms with van der Waals surface area (Å²) >= 11 is 0. The van der Waals surface area contributed by atoms with E-state index in [1.165, 1.54) is 0 Å². The van der Waals surface area contributed by atoms with E-state index >= 15 is 0 Å². The molecule has 0 aromatic rings. The molecule has 0 radical (unpaired) electrons. The van der Waals surface area contributed by atoms with Crippen LogP contribution in [0.25, 0.3) is 0 Å². The van der Waals surface area contributed by atoms with Crippen LogP contribution in [-0.4, -0.2) is 12.2 Å². The van der Waals surface area contributed by atoms with Gasteiger partial charge in [-0.1, -0.05) is 13.8 Å². The third kappa shape index (κ3) is 4.07. The summed E-state index contributed by atoms with van der Waals surface area (Å²) in [6.07, 6.45) is -6.02. The van der Waals surface area contributed by atoms with E-state index in [-0.39, 0.29) is 11.8 Å². The van der Waals surface area contributed by atoms with Crippen molar-refractivity contribution in [1.29, 1.82) is 0 Å². The highest BCUT2D eigenvalue weighted by molar-refractivity contribution is 5.02. The first-order chi connectivity index (χ1) is 9.90. The molecule has 122 valence electrons. The highest BCUT2D eigenvalue weighted by Gasteiger charge is 2.52. The predicted octanol–water partition coefficient (Wildman–Crippen LogP) is 5.28. The molecule has 2 nitrogen and oxygen atoms in total. The Morgan fingerprint density at radius 3 is 1.33 bits per heavy atom. The number of hydrogen-bond acceptors (Lipinski definition) is 2. The molecule has 2 aliphatic rings. The van der Waals surface area contributed by atoms with Crippen molar-refractivity contribution in [2.24, 2.45) is 11.8 Å². The van der Waals surface area contributed by atoms with Crippen LogP contribution in [0.2, 0.25) is 0 Å². The zero-order chi connectivity index (χ0) is 16.2. The Bertz CT molecular complexity index is 377. The Hall–Kier alpha value is -1.34. The van der Waals surface area contributed by atoms with Gasteiger partial charge in [0.2, 0.25) is 0 Å². The molecule has 2 rings (SSSR count). The van der Waals surface area contributed by atoms with Crippen molar-refractivity contribution in [3.05, 3.63) is 24.2 Å². The standard InChI is InChI=1S/C11H10F6O2.C2H6/c12-8(13)10(16)18-6-4-1-2-5(3-4)7(6)19-11(17)9(14)15;1-2/h4-7H,1-3H2;1-2H3. The lowest BCUT2D eigenvalue weighted by Gasteiger charge is -2.29. The van der Waals surface area contributed by atoms with Crippen molar-refractivity contribution in [2.75, 3.05) is 0 Å². The summed E-state index contributed by atoms with van der Waals surface area (Å²) in [5.74, 6) is -0.592. The Labute approximate surface area is 118 Å². The van der Waals surface area contributed by atoms with Gasteiger partial charge in [-0.3, -0.25) is 0 Å². The molecule has 2 aliphatic carbocycles. The minimum Gasteiger partial charge on any atom is -0.459 e. The summed E-state index contributed by atoms with van der Waals surface area (Å²) in [4.78, 5) is 0. The normalized spacial score (nSPS) is 29.3.